The molecule has 0 aliphatic carbocycles. The average Bonchev–Trinajstić information content (AvgIpc) is 2.70. The maximum atomic E-state index is 11.2. The first-order chi connectivity index (χ1) is 7.65. The van der Waals surface area contributed by atoms with Gasteiger partial charge in [0.15, 0.2) is 0 Å². The second-order valence-corrected chi connectivity index (χ2v) is 5.58. The molecule has 2 aliphatic rings. The summed E-state index contributed by atoms with van der Waals surface area (Å²) in [6.45, 7) is 10.3. The topological polar surface area (TPSA) is 23.6 Å². The van der Waals surface area contributed by atoms with Crippen LogP contribution in [-0.4, -0.2) is 54.3 Å². The summed E-state index contributed by atoms with van der Waals surface area (Å²) in [6, 6.07) is 0.688. The second kappa shape index (κ2) is 5.28. The van der Waals surface area contributed by atoms with Gasteiger partial charge in [0.05, 0.1) is 0 Å². The van der Waals surface area contributed by atoms with Gasteiger partial charge in [-0.05, 0) is 32.7 Å². The quantitative estimate of drug-likeness (QED) is 0.723. The van der Waals surface area contributed by atoms with Gasteiger partial charge >= 0.3 is 0 Å². The summed E-state index contributed by atoms with van der Waals surface area (Å²) in [5.74, 6) is 1.28. The van der Waals surface area contributed by atoms with Crippen LogP contribution in [0.1, 0.15) is 33.1 Å². The Kier molecular flexibility index (Phi) is 3.98. The van der Waals surface area contributed by atoms with Crippen molar-refractivity contribution in [2.24, 2.45) is 5.92 Å². The van der Waals surface area contributed by atoms with Gasteiger partial charge in [-0.3, -0.25) is 4.79 Å². The Morgan fingerprint density at radius 3 is 2.50 bits per heavy atom. The van der Waals surface area contributed by atoms with Gasteiger partial charge in [0.1, 0.15) is 5.78 Å². The van der Waals surface area contributed by atoms with Crippen molar-refractivity contribution in [1.29, 1.82) is 0 Å². The zero-order chi connectivity index (χ0) is 11.5. The van der Waals surface area contributed by atoms with Crippen molar-refractivity contribution < 1.29 is 4.79 Å². The Bertz CT molecular complexity index is 242. The van der Waals surface area contributed by atoms with Crippen molar-refractivity contribution in [3.8, 4) is 0 Å². The fourth-order valence-electron chi connectivity index (χ4n) is 2.83. The van der Waals surface area contributed by atoms with Crippen molar-refractivity contribution in [3.63, 3.8) is 0 Å². The number of rotatable bonds is 3. The highest BCUT2D eigenvalue weighted by atomic mass is 16.1. The van der Waals surface area contributed by atoms with Crippen LogP contribution in [0.15, 0.2) is 0 Å². The predicted molar refractivity (Wildman–Crippen MR) is 65.5 cm³/mol. The van der Waals surface area contributed by atoms with E-state index in [0.717, 1.165) is 31.8 Å². The largest absolute Gasteiger partial charge is 0.302 e. The minimum atomic E-state index is 0.450. The number of piperidine rings is 1. The van der Waals surface area contributed by atoms with Crippen LogP contribution in [0, 0.1) is 5.92 Å². The number of carbonyl (C=O) groups excluding carboxylic acids is 1. The van der Waals surface area contributed by atoms with Gasteiger partial charge in [-0.1, -0.05) is 0 Å². The van der Waals surface area contributed by atoms with E-state index in [1.165, 1.54) is 26.1 Å². The molecule has 2 fully saturated rings. The minimum Gasteiger partial charge on any atom is -0.302 e. The predicted octanol–water partition coefficient (Wildman–Crippen LogP) is 1.38. The van der Waals surface area contributed by atoms with E-state index < -0.39 is 0 Å². The molecular formula is C13H24N2O. The molecule has 0 N–H and O–H groups in total. The van der Waals surface area contributed by atoms with Crippen LogP contribution in [0.4, 0.5) is 0 Å². The van der Waals surface area contributed by atoms with E-state index >= 15 is 0 Å². The smallest absolute Gasteiger partial charge is 0.135 e. The van der Waals surface area contributed by atoms with Crippen molar-refractivity contribution in [3.05, 3.63) is 0 Å². The van der Waals surface area contributed by atoms with E-state index in [4.69, 9.17) is 0 Å². The van der Waals surface area contributed by atoms with Gasteiger partial charge < -0.3 is 9.80 Å². The molecule has 2 saturated heterocycles. The van der Waals surface area contributed by atoms with Crippen LogP contribution in [0.25, 0.3) is 0 Å². The molecule has 0 bridgehead atoms. The molecule has 2 rings (SSSR count). The molecule has 0 saturated carbocycles. The van der Waals surface area contributed by atoms with Crippen molar-refractivity contribution in [2.75, 3.05) is 32.7 Å². The van der Waals surface area contributed by atoms with Crippen LogP contribution in [0.5, 0.6) is 0 Å². The first-order valence-corrected chi connectivity index (χ1v) is 6.63. The highest BCUT2D eigenvalue weighted by Crippen LogP contribution is 2.20. The average molecular weight is 224 g/mol. The Hall–Kier alpha value is -0.410. The van der Waals surface area contributed by atoms with E-state index in [9.17, 15) is 4.79 Å². The molecule has 2 aliphatic heterocycles. The number of nitrogens with zero attached hydrogens (tertiary/aromatic N) is 2. The van der Waals surface area contributed by atoms with Gasteiger partial charge in [0.25, 0.3) is 0 Å². The highest BCUT2D eigenvalue weighted by Gasteiger charge is 2.26. The summed E-state index contributed by atoms with van der Waals surface area (Å²) in [5, 5.41) is 0. The van der Waals surface area contributed by atoms with E-state index in [1.807, 2.05) is 0 Å². The van der Waals surface area contributed by atoms with E-state index in [0.29, 0.717) is 11.8 Å². The first-order valence-electron chi connectivity index (χ1n) is 6.63. The Morgan fingerprint density at radius 2 is 1.94 bits per heavy atom. The zero-order valence-electron chi connectivity index (χ0n) is 10.6. The maximum absolute atomic E-state index is 11.2. The van der Waals surface area contributed by atoms with Crippen LogP contribution < -0.4 is 0 Å². The van der Waals surface area contributed by atoms with Crippen molar-refractivity contribution in [2.45, 2.75) is 39.2 Å². The third-order valence-corrected chi connectivity index (χ3v) is 3.98. The van der Waals surface area contributed by atoms with E-state index in [1.54, 1.807) is 0 Å². The van der Waals surface area contributed by atoms with Gasteiger partial charge in [-0.2, -0.15) is 0 Å². The highest BCUT2D eigenvalue weighted by molar-refractivity contribution is 5.79. The molecule has 2 heterocycles. The fraction of sp³-hybridized carbons (Fsp3) is 0.923. The lowest BCUT2D eigenvalue weighted by Gasteiger charge is -2.28. The molecule has 0 amide bonds. The molecular weight excluding hydrogens is 200 g/mol. The summed E-state index contributed by atoms with van der Waals surface area (Å²) in [7, 11) is 0. The fourth-order valence-corrected chi connectivity index (χ4v) is 2.83. The molecule has 0 radical (unpaired) electrons. The van der Waals surface area contributed by atoms with Gasteiger partial charge in [0, 0.05) is 45.1 Å². The number of hydrogen-bond donors (Lipinski definition) is 0. The van der Waals surface area contributed by atoms with E-state index in [2.05, 4.69) is 23.6 Å². The van der Waals surface area contributed by atoms with Crippen LogP contribution in [0.3, 0.4) is 0 Å². The Balaban J connectivity index is 1.72. The van der Waals surface area contributed by atoms with Gasteiger partial charge in [0.2, 0.25) is 0 Å². The van der Waals surface area contributed by atoms with Crippen LogP contribution in [0.2, 0.25) is 0 Å². The van der Waals surface area contributed by atoms with Gasteiger partial charge in [-0.15, -0.1) is 0 Å². The Labute approximate surface area is 98.8 Å². The summed E-state index contributed by atoms with van der Waals surface area (Å²) in [6.07, 6.45) is 2.89. The van der Waals surface area contributed by atoms with E-state index in [-0.39, 0.29) is 0 Å². The molecule has 0 aromatic heterocycles. The van der Waals surface area contributed by atoms with Crippen LogP contribution >= 0.6 is 0 Å². The SMILES string of the molecule is CC(C)N1CCC(CN2CCC(=O)CC2)C1. The molecule has 92 valence electrons. The van der Waals surface area contributed by atoms with Crippen LogP contribution in [-0.2, 0) is 4.79 Å². The monoisotopic (exact) mass is 224 g/mol. The zero-order valence-corrected chi connectivity index (χ0v) is 10.6. The second-order valence-electron chi connectivity index (χ2n) is 5.58. The molecule has 16 heavy (non-hydrogen) atoms. The standard InChI is InChI=1S/C13H24N2O/c1-11(2)15-8-3-12(10-15)9-14-6-4-13(16)5-7-14/h11-12H,3-10H2,1-2H3. The minimum absolute atomic E-state index is 0.450. The number of likely N-dealkylation sites (tertiary alicyclic amines) is 2. The molecule has 1 unspecified atom stereocenters. The molecule has 1 atom stereocenters. The molecule has 3 nitrogen and oxygen atoms in total. The Morgan fingerprint density at radius 1 is 1.25 bits per heavy atom. The maximum Gasteiger partial charge on any atom is 0.135 e. The third kappa shape index (κ3) is 3.05. The number of ketones is 1. The van der Waals surface area contributed by atoms with Crippen molar-refractivity contribution >= 4 is 5.78 Å². The molecule has 0 aromatic carbocycles. The van der Waals surface area contributed by atoms with Gasteiger partial charge in [-0.25, -0.2) is 0 Å². The normalized spacial score (nSPS) is 29.2. The van der Waals surface area contributed by atoms with Crippen molar-refractivity contribution in [1.82, 2.24) is 9.80 Å². The number of carbonyl (C=O) groups is 1. The number of hydrogen-bond acceptors (Lipinski definition) is 3. The molecule has 0 aromatic rings. The lowest BCUT2D eigenvalue weighted by molar-refractivity contribution is -0.121. The summed E-state index contributed by atoms with van der Waals surface area (Å²) in [5.41, 5.74) is 0. The summed E-state index contributed by atoms with van der Waals surface area (Å²) >= 11 is 0. The third-order valence-electron chi connectivity index (χ3n) is 3.98. The lowest BCUT2D eigenvalue weighted by Crippen LogP contribution is -2.38. The summed E-state index contributed by atoms with van der Waals surface area (Å²) in [4.78, 5) is 16.2. The lowest BCUT2D eigenvalue weighted by atomic mass is 10.1. The number of Topliss-reactive ketones (excluding diaryl/α,β-unsaturated/α-hetero) is 1. The first kappa shape index (κ1) is 12.1. The molecule has 3 heteroatoms. The summed E-state index contributed by atoms with van der Waals surface area (Å²) < 4.78 is 0. The molecule has 0 spiro atoms.